The molecule has 0 radical (unpaired) electrons. The molecule has 7 rings (SSSR count). The molecule has 10 heteroatoms. The van der Waals surface area contributed by atoms with E-state index in [1.165, 1.54) is 51.4 Å². The van der Waals surface area contributed by atoms with Crippen molar-refractivity contribution in [1.29, 1.82) is 0 Å². The highest BCUT2D eigenvalue weighted by molar-refractivity contribution is 5.86. The smallest absolute Gasteiger partial charge is 0.167 e. The van der Waals surface area contributed by atoms with E-state index in [2.05, 4.69) is 88.2 Å². The Morgan fingerprint density at radius 1 is 1.00 bits per heavy atom. The number of aromatic nitrogens is 5. The van der Waals surface area contributed by atoms with Gasteiger partial charge >= 0.3 is 0 Å². The second-order valence-corrected chi connectivity index (χ2v) is 12.5. The Hall–Kier alpha value is -4.12. The Bertz CT molecular complexity index is 1860. The third-order valence-corrected chi connectivity index (χ3v) is 9.03. The van der Waals surface area contributed by atoms with Crippen molar-refractivity contribution < 1.29 is 19.7 Å². The molecule has 1 aliphatic heterocycles. The molecular weight excluding hydrogens is 556 g/mol. The van der Waals surface area contributed by atoms with Crippen LogP contribution in [-0.2, 0) is 22.5 Å². The number of ketones is 1. The predicted octanol–water partition coefficient (Wildman–Crippen LogP) is 4.40. The number of nitrogens with zero attached hydrogens (tertiary/aromatic N) is 5. The normalized spacial score (nSPS) is 21.8. The summed E-state index contributed by atoms with van der Waals surface area (Å²) in [5.74, 6) is 0.759. The molecule has 2 aromatic carbocycles. The number of carbonyl (C=O) groups is 1. The van der Waals surface area contributed by atoms with E-state index >= 15 is 0 Å². The lowest BCUT2D eigenvalue weighted by atomic mass is 10.0. The van der Waals surface area contributed by atoms with Crippen LogP contribution < -0.4 is 5.32 Å². The van der Waals surface area contributed by atoms with Crippen LogP contribution in [0.25, 0.3) is 22.1 Å². The highest BCUT2D eigenvalue weighted by atomic mass is 16.6. The number of fused-ring (bicyclic) bond motifs is 2. The van der Waals surface area contributed by atoms with Crippen molar-refractivity contribution in [3.8, 4) is 0 Å². The van der Waals surface area contributed by atoms with Crippen LogP contribution in [0, 0.1) is 26.7 Å². The van der Waals surface area contributed by atoms with Gasteiger partial charge in [0.05, 0.1) is 6.33 Å². The molecule has 5 aromatic rings. The summed E-state index contributed by atoms with van der Waals surface area (Å²) in [5.41, 5.74) is 8.51. The molecule has 44 heavy (non-hydrogen) atoms. The summed E-state index contributed by atoms with van der Waals surface area (Å²) in [7, 11) is 0. The molecule has 1 saturated heterocycles. The van der Waals surface area contributed by atoms with E-state index in [0.717, 1.165) is 25.8 Å². The quantitative estimate of drug-likeness (QED) is 0.217. The molecule has 4 unspecified atom stereocenters. The number of Topliss-reactive ketones (excluding diaryl/α,β-unsaturated/α-hetero) is 1. The average molecular weight is 595 g/mol. The van der Waals surface area contributed by atoms with Gasteiger partial charge in [-0.2, -0.15) is 0 Å². The van der Waals surface area contributed by atoms with Gasteiger partial charge in [0.25, 0.3) is 0 Å². The number of benzene rings is 2. The third kappa shape index (κ3) is 5.38. The van der Waals surface area contributed by atoms with E-state index in [0.29, 0.717) is 35.9 Å². The van der Waals surface area contributed by atoms with Crippen molar-refractivity contribution >= 4 is 33.7 Å². The summed E-state index contributed by atoms with van der Waals surface area (Å²) in [5, 5.41) is 26.1. The van der Waals surface area contributed by atoms with Gasteiger partial charge in [0.15, 0.2) is 29.0 Å². The standard InChI is InChI=1S/C34H38N6O4/c1-19-4-6-21(3)24(12-19)16-39-15-23(25-13-20(2)5-9-26(25)39)10-11-35-32-28-33(37-17-36-32)40(18-38-28)34-30(43)29(42)31(44-34)27(41)14-22-7-8-22/h4-6,9,12-13,15,17-18,22,29-31,34,42-43H,7-8,10-11,14,16H2,1-3H3,(H,35,36,37). The van der Waals surface area contributed by atoms with Crippen molar-refractivity contribution in [2.45, 2.75) is 77.5 Å². The van der Waals surface area contributed by atoms with E-state index < -0.39 is 24.5 Å². The lowest BCUT2D eigenvalue weighted by Crippen LogP contribution is -2.36. The molecule has 1 saturated carbocycles. The molecule has 4 heterocycles. The molecule has 10 nitrogen and oxygen atoms in total. The average Bonchev–Trinajstić information content (AvgIpc) is 3.50. The number of imidazole rings is 1. The third-order valence-electron chi connectivity index (χ3n) is 9.03. The molecule has 3 N–H and O–H groups in total. The van der Waals surface area contributed by atoms with Crippen LogP contribution in [0.2, 0.25) is 0 Å². The Labute approximate surface area is 255 Å². The topological polar surface area (TPSA) is 127 Å². The fourth-order valence-corrected chi connectivity index (χ4v) is 6.33. The van der Waals surface area contributed by atoms with Gasteiger partial charge in [-0.25, -0.2) is 15.0 Å². The molecule has 2 fully saturated rings. The number of hydrogen-bond donors (Lipinski definition) is 3. The van der Waals surface area contributed by atoms with Gasteiger partial charge in [0.1, 0.15) is 24.6 Å². The molecule has 0 bridgehead atoms. The molecule has 2 aliphatic rings. The zero-order chi connectivity index (χ0) is 30.5. The minimum absolute atomic E-state index is 0.173. The summed E-state index contributed by atoms with van der Waals surface area (Å²) in [6.45, 7) is 7.83. The number of rotatable bonds is 10. The Morgan fingerprint density at radius 3 is 2.61 bits per heavy atom. The minimum atomic E-state index is -1.30. The van der Waals surface area contributed by atoms with Crippen LogP contribution in [0.1, 0.15) is 53.3 Å². The van der Waals surface area contributed by atoms with Gasteiger partial charge in [-0.3, -0.25) is 9.36 Å². The molecule has 0 spiro atoms. The van der Waals surface area contributed by atoms with Crippen molar-refractivity contribution in [2.24, 2.45) is 5.92 Å². The Balaban J connectivity index is 1.09. The van der Waals surface area contributed by atoms with E-state index in [1.807, 2.05) is 0 Å². The maximum atomic E-state index is 12.7. The van der Waals surface area contributed by atoms with Crippen LogP contribution in [0.5, 0.6) is 0 Å². The number of aliphatic hydroxyl groups excluding tert-OH is 2. The van der Waals surface area contributed by atoms with Gasteiger partial charge < -0.3 is 24.8 Å². The Kier molecular flexibility index (Phi) is 7.44. The summed E-state index contributed by atoms with van der Waals surface area (Å²) in [4.78, 5) is 26.0. The number of ether oxygens (including phenoxy) is 1. The van der Waals surface area contributed by atoms with E-state index in [-0.39, 0.29) is 5.78 Å². The van der Waals surface area contributed by atoms with Crippen LogP contribution in [-0.4, -0.2) is 64.9 Å². The highest BCUT2D eigenvalue weighted by Gasteiger charge is 2.48. The van der Waals surface area contributed by atoms with Gasteiger partial charge in [-0.15, -0.1) is 0 Å². The summed E-state index contributed by atoms with van der Waals surface area (Å²) >= 11 is 0. The predicted molar refractivity (Wildman–Crippen MR) is 167 cm³/mol. The summed E-state index contributed by atoms with van der Waals surface area (Å²) < 4.78 is 9.81. The maximum absolute atomic E-state index is 12.7. The number of nitrogens with one attached hydrogen (secondary N) is 1. The zero-order valence-corrected chi connectivity index (χ0v) is 25.3. The molecule has 0 amide bonds. The van der Waals surface area contributed by atoms with E-state index in [4.69, 9.17) is 4.74 Å². The molecule has 228 valence electrons. The second-order valence-electron chi connectivity index (χ2n) is 12.5. The fraction of sp³-hybridized carbons (Fsp3) is 0.412. The van der Waals surface area contributed by atoms with Gasteiger partial charge in [0.2, 0.25) is 0 Å². The molecule has 4 atom stereocenters. The highest BCUT2D eigenvalue weighted by Crippen LogP contribution is 2.37. The van der Waals surface area contributed by atoms with Crippen molar-refractivity contribution in [3.63, 3.8) is 0 Å². The largest absolute Gasteiger partial charge is 0.387 e. The maximum Gasteiger partial charge on any atom is 0.167 e. The molecular formula is C34H38N6O4. The first-order chi connectivity index (χ1) is 21.3. The second kappa shape index (κ2) is 11.4. The first-order valence-corrected chi connectivity index (χ1v) is 15.4. The van der Waals surface area contributed by atoms with Crippen LogP contribution in [0.3, 0.4) is 0 Å². The van der Waals surface area contributed by atoms with Crippen molar-refractivity contribution in [2.75, 3.05) is 11.9 Å². The monoisotopic (exact) mass is 594 g/mol. The molecule has 1 aliphatic carbocycles. The van der Waals surface area contributed by atoms with Crippen molar-refractivity contribution in [3.05, 3.63) is 83.1 Å². The number of aliphatic hydroxyl groups is 2. The lowest BCUT2D eigenvalue weighted by molar-refractivity contribution is -0.135. The number of carbonyl (C=O) groups excluding carboxylic acids is 1. The van der Waals surface area contributed by atoms with E-state index in [9.17, 15) is 15.0 Å². The zero-order valence-electron chi connectivity index (χ0n) is 25.3. The summed E-state index contributed by atoms with van der Waals surface area (Å²) in [6, 6.07) is 13.2. The van der Waals surface area contributed by atoms with Crippen LogP contribution >= 0.6 is 0 Å². The first kappa shape index (κ1) is 28.6. The first-order valence-electron chi connectivity index (χ1n) is 15.4. The number of anilines is 1. The van der Waals surface area contributed by atoms with Crippen LogP contribution in [0.4, 0.5) is 5.82 Å². The van der Waals surface area contributed by atoms with Crippen molar-refractivity contribution in [1.82, 2.24) is 24.1 Å². The van der Waals surface area contributed by atoms with Gasteiger partial charge in [-0.1, -0.05) is 35.4 Å². The lowest BCUT2D eigenvalue weighted by Gasteiger charge is -2.16. The van der Waals surface area contributed by atoms with E-state index in [1.54, 1.807) is 4.57 Å². The fourth-order valence-electron chi connectivity index (χ4n) is 6.33. The number of aryl methyl sites for hydroxylation is 3. The number of hydrogen-bond acceptors (Lipinski definition) is 8. The minimum Gasteiger partial charge on any atom is -0.387 e. The van der Waals surface area contributed by atoms with Gasteiger partial charge in [-0.05, 0) is 74.8 Å². The van der Waals surface area contributed by atoms with Crippen LogP contribution in [0.15, 0.2) is 55.2 Å². The SMILES string of the molecule is Cc1ccc(C)c(Cn2cc(CCNc3ncnc4c3ncn4C3OC(C(=O)CC4CC4)C(O)C3O)c3cc(C)ccc32)c1. The van der Waals surface area contributed by atoms with Gasteiger partial charge in [0, 0.05) is 36.6 Å². The summed E-state index contributed by atoms with van der Waals surface area (Å²) in [6.07, 6.45) is 3.77. The molecule has 3 aromatic heterocycles. The Morgan fingerprint density at radius 2 is 1.80 bits per heavy atom.